The highest BCUT2D eigenvalue weighted by molar-refractivity contribution is 7.16. The molecule has 0 unspecified atom stereocenters. The van der Waals surface area contributed by atoms with Crippen LogP contribution in [-0.4, -0.2) is 29.1 Å². The monoisotopic (exact) mass is 346 g/mol. The third-order valence-electron chi connectivity index (χ3n) is 5.31. The zero-order chi connectivity index (χ0) is 16.9. The van der Waals surface area contributed by atoms with Crippen LogP contribution in [0.1, 0.15) is 46.0 Å². The smallest absolute Gasteiger partial charge is 0.303 e. The predicted octanol–water partition coefficient (Wildman–Crippen LogP) is 4.60. The maximum Gasteiger partial charge on any atom is 0.308 e. The molecule has 0 N–H and O–H groups in total. The predicted molar refractivity (Wildman–Crippen MR) is 104 cm³/mol. The van der Waals surface area contributed by atoms with Crippen LogP contribution < -0.4 is 4.87 Å². The lowest BCUT2D eigenvalue weighted by molar-refractivity contribution is 0.154. The molecule has 0 spiro atoms. The molecule has 1 aromatic carbocycles. The van der Waals surface area contributed by atoms with E-state index in [2.05, 4.69) is 24.8 Å². The first-order valence-corrected chi connectivity index (χ1v) is 10.3. The fourth-order valence-electron chi connectivity index (χ4n) is 3.95. The van der Waals surface area contributed by atoms with Gasteiger partial charge in [0.2, 0.25) is 0 Å². The minimum absolute atomic E-state index is 0.182. The van der Waals surface area contributed by atoms with Crippen molar-refractivity contribution in [3.63, 3.8) is 0 Å². The first kappa shape index (κ1) is 17.7. The Morgan fingerprint density at radius 2 is 1.96 bits per heavy atom. The molecule has 4 heteroatoms. The van der Waals surface area contributed by atoms with Crippen LogP contribution in [-0.2, 0) is 6.54 Å². The molecular formula is C20H30N2OS. The van der Waals surface area contributed by atoms with E-state index in [0.29, 0.717) is 5.92 Å². The van der Waals surface area contributed by atoms with Crippen LogP contribution >= 0.6 is 11.3 Å². The molecule has 3 nitrogen and oxygen atoms in total. The molecule has 1 fully saturated rings. The van der Waals surface area contributed by atoms with Crippen molar-refractivity contribution in [1.29, 1.82) is 0 Å². The number of likely N-dealkylation sites (tertiary alicyclic amines) is 1. The molecule has 1 aromatic heterocycles. The van der Waals surface area contributed by atoms with E-state index in [-0.39, 0.29) is 4.87 Å². The van der Waals surface area contributed by atoms with Crippen molar-refractivity contribution in [1.82, 2.24) is 9.47 Å². The SMILES string of the molecule is CCCCC1CCN(C[C@@H](C)Cn2c(=O)sc3ccccc32)CC1. The van der Waals surface area contributed by atoms with Crippen molar-refractivity contribution >= 4 is 21.6 Å². The zero-order valence-corrected chi connectivity index (χ0v) is 15.9. The summed E-state index contributed by atoms with van der Waals surface area (Å²) in [6.45, 7) is 8.97. The molecule has 24 heavy (non-hydrogen) atoms. The highest BCUT2D eigenvalue weighted by Crippen LogP contribution is 2.23. The second kappa shape index (κ2) is 8.30. The van der Waals surface area contributed by atoms with Crippen molar-refractivity contribution in [2.75, 3.05) is 19.6 Å². The lowest BCUT2D eigenvalue weighted by Gasteiger charge is -2.33. The Kier molecular flexibility index (Phi) is 6.12. The quantitative estimate of drug-likeness (QED) is 0.732. The highest BCUT2D eigenvalue weighted by Gasteiger charge is 2.20. The molecule has 0 aliphatic carbocycles. The maximum absolute atomic E-state index is 12.3. The molecule has 1 aliphatic heterocycles. The van der Waals surface area contributed by atoms with Gasteiger partial charge in [0.15, 0.2) is 0 Å². The van der Waals surface area contributed by atoms with Crippen molar-refractivity contribution in [3.05, 3.63) is 33.9 Å². The molecule has 2 aromatic rings. The molecule has 1 aliphatic rings. The van der Waals surface area contributed by atoms with Crippen LogP contribution in [0.3, 0.4) is 0 Å². The first-order chi connectivity index (χ1) is 11.7. The van der Waals surface area contributed by atoms with Gasteiger partial charge in [0.1, 0.15) is 0 Å². The number of rotatable bonds is 7. The average molecular weight is 347 g/mol. The minimum Gasteiger partial charge on any atom is -0.303 e. The Bertz CT molecular complexity index is 697. The Morgan fingerprint density at radius 1 is 1.21 bits per heavy atom. The molecule has 1 saturated heterocycles. The molecule has 1 atom stereocenters. The van der Waals surface area contributed by atoms with Gasteiger partial charge < -0.3 is 4.90 Å². The third kappa shape index (κ3) is 4.28. The van der Waals surface area contributed by atoms with Crippen LogP contribution in [0.25, 0.3) is 10.2 Å². The van der Waals surface area contributed by atoms with Crippen LogP contribution in [0.4, 0.5) is 0 Å². The van der Waals surface area contributed by atoms with Crippen LogP contribution in [0.15, 0.2) is 29.1 Å². The van der Waals surface area contributed by atoms with Crippen molar-refractivity contribution < 1.29 is 0 Å². The van der Waals surface area contributed by atoms with E-state index in [1.54, 1.807) is 0 Å². The van der Waals surface area contributed by atoms with E-state index in [9.17, 15) is 4.79 Å². The summed E-state index contributed by atoms with van der Waals surface area (Å²) in [5, 5.41) is 0. The summed E-state index contributed by atoms with van der Waals surface area (Å²) in [5.41, 5.74) is 1.10. The fraction of sp³-hybridized carbons (Fsp3) is 0.650. The number of hydrogen-bond acceptors (Lipinski definition) is 3. The van der Waals surface area contributed by atoms with Crippen LogP contribution in [0, 0.1) is 11.8 Å². The molecule has 0 radical (unpaired) electrons. The van der Waals surface area contributed by atoms with Gasteiger partial charge in [-0.3, -0.25) is 9.36 Å². The Hall–Kier alpha value is -1.13. The average Bonchev–Trinajstić information content (AvgIpc) is 2.90. The number of hydrogen-bond donors (Lipinski definition) is 0. The van der Waals surface area contributed by atoms with Gasteiger partial charge in [0, 0.05) is 13.1 Å². The lowest BCUT2D eigenvalue weighted by Crippen LogP contribution is -2.37. The first-order valence-electron chi connectivity index (χ1n) is 9.48. The zero-order valence-electron chi connectivity index (χ0n) is 15.0. The maximum atomic E-state index is 12.3. The molecule has 0 bridgehead atoms. The van der Waals surface area contributed by atoms with Gasteiger partial charge >= 0.3 is 4.87 Å². The highest BCUT2D eigenvalue weighted by atomic mass is 32.1. The number of thiazole rings is 1. The Balaban J connectivity index is 1.53. The minimum atomic E-state index is 0.182. The molecule has 0 amide bonds. The topological polar surface area (TPSA) is 25.2 Å². The Morgan fingerprint density at radius 3 is 2.71 bits per heavy atom. The second-order valence-electron chi connectivity index (χ2n) is 7.44. The molecular weight excluding hydrogens is 316 g/mol. The number of benzene rings is 1. The van der Waals surface area contributed by atoms with E-state index in [0.717, 1.165) is 29.2 Å². The molecule has 3 rings (SSSR count). The summed E-state index contributed by atoms with van der Waals surface area (Å²) in [4.78, 5) is 15.1. The number of unbranched alkanes of at least 4 members (excludes halogenated alkanes) is 1. The van der Waals surface area contributed by atoms with Crippen LogP contribution in [0.2, 0.25) is 0 Å². The fourth-order valence-corrected chi connectivity index (χ4v) is 4.85. The lowest BCUT2D eigenvalue weighted by atomic mass is 9.91. The number of fused-ring (bicyclic) bond motifs is 1. The number of para-hydroxylation sites is 1. The van der Waals surface area contributed by atoms with Crippen molar-refractivity contribution in [2.45, 2.75) is 52.5 Å². The van der Waals surface area contributed by atoms with Gasteiger partial charge in [-0.25, -0.2) is 0 Å². The largest absolute Gasteiger partial charge is 0.308 e. The van der Waals surface area contributed by atoms with E-state index in [1.165, 1.54) is 56.5 Å². The van der Waals surface area contributed by atoms with E-state index in [1.807, 2.05) is 22.8 Å². The summed E-state index contributed by atoms with van der Waals surface area (Å²) >= 11 is 1.37. The molecule has 0 saturated carbocycles. The summed E-state index contributed by atoms with van der Waals surface area (Å²) in [6, 6.07) is 8.15. The van der Waals surface area contributed by atoms with Gasteiger partial charge in [-0.05, 0) is 49.9 Å². The van der Waals surface area contributed by atoms with Crippen LogP contribution in [0.5, 0.6) is 0 Å². The normalized spacial score (nSPS) is 18.2. The third-order valence-corrected chi connectivity index (χ3v) is 6.27. The van der Waals surface area contributed by atoms with E-state index < -0.39 is 0 Å². The summed E-state index contributed by atoms with van der Waals surface area (Å²) in [5.74, 6) is 1.45. The van der Waals surface area contributed by atoms with Crippen molar-refractivity contribution in [3.8, 4) is 0 Å². The molecule has 2 heterocycles. The summed E-state index contributed by atoms with van der Waals surface area (Å²) in [6.07, 6.45) is 6.83. The standard InChI is InChI=1S/C20H30N2OS/c1-3-4-7-17-10-12-21(13-11-17)14-16(2)15-22-18-8-5-6-9-19(18)24-20(22)23/h5-6,8-9,16-17H,3-4,7,10-15H2,1-2H3/t16-/m1/s1. The Labute approximate surface area is 149 Å². The van der Waals surface area contributed by atoms with Gasteiger partial charge in [-0.1, -0.05) is 56.6 Å². The van der Waals surface area contributed by atoms with E-state index >= 15 is 0 Å². The van der Waals surface area contributed by atoms with Gasteiger partial charge in [-0.15, -0.1) is 0 Å². The molecule has 132 valence electrons. The second-order valence-corrected chi connectivity index (χ2v) is 8.43. The number of aromatic nitrogens is 1. The van der Waals surface area contributed by atoms with E-state index in [4.69, 9.17) is 0 Å². The number of piperidine rings is 1. The van der Waals surface area contributed by atoms with Gasteiger partial charge in [-0.2, -0.15) is 0 Å². The van der Waals surface area contributed by atoms with Crippen molar-refractivity contribution in [2.24, 2.45) is 11.8 Å². The number of nitrogens with zero attached hydrogens (tertiary/aromatic N) is 2. The van der Waals surface area contributed by atoms with Gasteiger partial charge in [0.25, 0.3) is 0 Å². The summed E-state index contributed by atoms with van der Waals surface area (Å²) in [7, 11) is 0. The van der Waals surface area contributed by atoms with Gasteiger partial charge in [0.05, 0.1) is 10.2 Å². The summed E-state index contributed by atoms with van der Waals surface area (Å²) < 4.78 is 3.07.